The number of nitrogens with zero attached hydrogens (tertiary/aromatic N) is 3. The summed E-state index contributed by atoms with van der Waals surface area (Å²) >= 11 is 0. The lowest BCUT2D eigenvalue weighted by Crippen LogP contribution is -2.12. The standard InChI is InChI=1S/C14H24N4O3/c1-5-7-8-15-13-11(18(19)20)14(21-9-6-2)17-12(16-13)10(3)4/h10H,5-9H2,1-4H3,(H,15,16,17). The zero-order chi connectivity index (χ0) is 15.8. The summed E-state index contributed by atoms with van der Waals surface area (Å²) in [5, 5.41) is 14.4. The molecule has 0 fully saturated rings. The van der Waals surface area contributed by atoms with Gasteiger partial charge in [-0.25, -0.2) is 4.98 Å². The van der Waals surface area contributed by atoms with Crippen LogP contribution in [0.5, 0.6) is 5.88 Å². The highest BCUT2D eigenvalue weighted by atomic mass is 16.6. The van der Waals surface area contributed by atoms with Crippen molar-refractivity contribution >= 4 is 11.5 Å². The largest absolute Gasteiger partial charge is 0.473 e. The van der Waals surface area contributed by atoms with E-state index in [1.165, 1.54) is 0 Å². The van der Waals surface area contributed by atoms with Gasteiger partial charge in [-0.2, -0.15) is 4.98 Å². The molecule has 0 saturated heterocycles. The Kier molecular flexibility index (Phi) is 6.84. The predicted molar refractivity (Wildman–Crippen MR) is 82.0 cm³/mol. The van der Waals surface area contributed by atoms with Gasteiger partial charge >= 0.3 is 5.69 Å². The second-order valence-electron chi connectivity index (χ2n) is 5.12. The molecular formula is C14H24N4O3. The minimum atomic E-state index is -0.483. The molecule has 0 unspecified atom stereocenters. The van der Waals surface area contributed by atoms with E-state index in [1.54, 1.807) is 0 Å². The summed E-state index contributed by atoms with van der Waals surface area (Å²) in [5.74, 6) is 0.921. The van der Waals surface area contributed by atoms with Crippen LogP contribution < -0.4 is 10.1 Å². The fourth-order valence-corrected chi connectivity index (χ4v) is 1.68. The zero-order valence-corrected chi connectivity index (χ0v) is 13.2. The first-order valence-corrected chi connectivity index (χ1v) is 7.44. The van der Waals surface area contributed by atoms with E-state index in [2.05, 4.69) is 22.2 Å². The third-order valence-electron chi connectivity index (χ3n) is 2.83. The Hall–Kier alpha value is -1.92. The lowest BCUT2D eigenvalue weighted by molar-refractivity contribution is -0.385. The summed E-state index contributed by atoms with van der Waals surface area (Å²) in [5.41, 5.74) is -0.177. The summed E-state index contributed by atoms with van der Waals surface area (Å²) in [6, 6.07) is 0. The van der Waals surface area contributed by atoms with Gasteiger partial charge < -0.3 is 10.1 Å². The van der Waals surface area contributed by atoms with Crippen molar-refractivity contribution in [3.63, 3.8) is 0 Å². The van der Waals surface area contributed by atoms with Crippen LogP contribution in [0.1, 0.15) is 58.7 Å². The predicted octanol–water partition coefficient (Wildman–Crippen LogP) is 3.51. The van der Waals surface area contributed by atoms with E-state index in [-0.39, 0.29) is 23.3 Å². The monoisotopic (exact) mass is 296 g/mol. The molecule has 1 heterocycles. The van der Waals surface area contributed by atoms with Crippen molar-refractivity contribution in [3.8, 4) is 5.88 Å². The number of rotatable bonds is 9. The molecule has 0 aliphatic carbocycles. The highest BCUT2D eigenvalue weighted by molar-refractivity contribution is 5.61. The number of ether oxygens (including phenoxy) is 1. The van der Waals surface area contributed by atoms with E-state index in [9.17, 15) is 10.1 Å². The Morgan fingerprint density at radius 3 is 2.52 bits per heavy atom. The zero-order valence-electron chi connectivity index (χ0n) is 13.2. The van der Waals surface area contributed by atoms with Crippen LogP contribution in [0.25, 0.3) is 0 Å². The molecule has 118 valence electrons. The maximum Gasteiger partial charge on any atom is 0.372 e. The highest BCUT2D eigenvalue weighted by Crippen LogP contribution is 2.33. The van der Waals surface area contributed by atoms with Gasteiger partial charge in [0, 0.05) is 12.5 Å². The van der Waals surface area contributed by atoms with Crippen LogP contribution in [0.3, 0.4) is 0 Å². The molecule has 0 aliphatic rings. The summed E-state index contributed by atoms with van der Waals surface area (Å²) < 4.78 is 5.45. The van der Waals surface area contributed by atoms with Gasteiger partial charge in [-0.3, -0.25) is 10.1 Å². The number of aromatic nitrogens is 2. The molecule has 0 aromatic carbocycles. The van der Waals surface area contributed by atoms with E-state index in [4.69, 9.17) is 4.74 Å². The number of hydrogen-bond acceptors (Lipinski definition) is 6. The molecule has 0 saturated carbocycles. The maximum absolute atomic E-state index is 11.3. The first-order chi connectivity index (χ1) is 10.0. The van der Waals surface area contributed by atoms with Crippen molar-refractivity contribution in [3.05, 3.63) is 15.9 Å². The molecule has 21 heavy (non-hydrogen) atoms. The molecule has 0 radical (unpaired) electrons. The second kappa shape index (κ2) is 8.39. The quantitative estimate of drug-likeness (QED) is 0.426. The van der Waals surface area contributed by atoms with Crippen molar-refractivity contribution in [2.45, 2.75) is 52.9 Å². The van der Waals surface area contributed by atoms with E-state index in [0.29, 0.717) is 19.0 Å². The molecular weight excluding hydrogens is 272 g/mol. The third-order valence-corrected chi connectivity index (χ3v) is 2.83. The molecule has 0 spiro atoms. The van der Waals surface area contributed by atoms with Gasteiger partial charge in [0.05, 0.1) is 11.5 Å². The molecule has 1 N–H and O–H groups in total. The van der Waals surface area contributed by atoms with E-state index in [0.717, 1.165) is 19.3 Å². The number of unbranched alkanes of at least 4 members (excludes halogenated alkanes) is 1. The van der Waals surface area contributed by atoms with Crippen LogP contribution in [0.4, 0.5) is 11.5 Å². The maximum atomic E-state index is 11.3. The molecule has 0 bridgehead atoms. The Morgan fingerprint density at radius 1 is 1.29 bits per heavy atom. The molecule has 1 aromatic heterocycles. The van der Waals surface area contributed by atoms with E-state index in [1.807, 2.05) is 20.8 Å². The Morgan fingerprint density at radius 2 is 2.00 bits per heavy atom. The number of nitro groups is 1. The summed E-state index contributed by atoms with van der Waals surface area (Å²) in [7, 11) is 0. The first-order valence-electron chi connectivity index (χ1n) is 7.44. The topological polar surface area (TPSA) is 90.2 Å². The minimum absolute atomic E-state index is 0.0551. The molecule has 0 atom stereocenters. The van der Waals surface area contributed by atoms with Crippen molar-refractivity contribution in [1.82, 2.24) is 9.97 Å². The van der Waals surface area contributed by atoms with E-state index < -0.39 is 4.92 Å². The number of hydrogen-bond donors (Lipinski definition) is 1. The molecule has 0 aliphatic heterocycles. The van der Waals surface area contributed by atoms with E-state index >= 15 is 0 Å². The van der Waals surface area contributed by atoms with Gasteiger partial charge in [0.2, 0.25) is 5.82 Å². The van der Waals surface area contributed by atoms with Gasteiger partial charge in [0.1, 0.15) is 5.82 Å². The van der Waals surface area contributed by atoms with Crippen LogP contribution >= 0.6 is 0 Å². The van der Waals surface area contributed by atoms with Crippen LogP contribution in [0, 0.1) is 10.1 Å². The van der Waals surface area contributed by atoms with Gasteiger partial charge in [0.25, 0.3) is 5.88 Å². The normalized spacial score (nSPS) is 10.7. The van der Waals surface area contributed by atoms with Crippen LogP contribution in [-0.4, -0.2) is 28.0 Å². The van der Waals surface area contributed by atoms with Crippen molar-refractivity contribution in [2.75, 3.05) is 18.5 Å². The molecule has 7 nitrogen and oxygen atoms in total. The van der Waals surface area contributed by atoms with Gasteiger partial charge in [0.15, 0.2) is 0 Å². The Bertz CT molecular complexity index is 478. The van der Waals surface area contributed by atoms with Crippen LogP contribution in [-0.2, 0) is 0 Å². The van der Waals surface area contributed by atoms with Gasteiger partial charge in [-0.15, -0.1) is 0 Å². The smallest absolute Gasteiger partial charge is 0.372 e. The Labute approximate surface area is 125 Å². The number of nitrogens with one attached hydrogen (secondary N) is 1. The average molecular weight is 296 g/mol. The van der Waals surface area contributed by atoms with Gasteiger partial charge in [-0.1, -0.05) is 34.1 Å². The Balaban J connectivity index is 3.21. The van der Waals surface area contributed by atoms with Crippen LogP contribution in [0.15, 0.2) is 0 Å². The molecule has 7 heteroatoms. The van der Waals surface area contributed by atoms with Crippen molar-refractivity contribution < 1.29 is 9.66 Å². The van der Waals surface area contributed by atoms with Crippen LogP contribution in [0.2, 0.25) is 0 Å². The van der Waals surface area contributed by atoms with Crippen molar-refractivity contribution in [2.24, 2.45) is 0 Å². The lowest BCUT2D eigenvalue weighted by Gasteiger charge is -2.12. The molecule has 1 rings (SSSR count). The SMILES string of the molecule is CCCCNc1nc(C(C)C)nc(OCCC)c1[N+](=O)[O-]. The first kappa shape index (κ1) is 17.1. The van der Waals surface area contributed by atoms with Gasteiger partial charge in [-0.05, 0) is 12.8 Å². The fraction of sp³-hybridized carbons (Fsp3) is 0.714. The summed E-state index contributed by atoms with van der Waals surface area (Å²) in [6.07, 6.45) is 2.68. The summed E-state index contributed by atoms with van der Waals surface area (Å²) in [6.45, 7) is 8.92. The third kappa shape index (κ3) is 4.84. The summed E-state index contributed by atoms with van der Waals surface area (Å²) in [4.78, 5) is 19.3. The fourth-order valence-electron chi connectivity index (χ4n) is 1.68. The lowest BCUT2D eigenvalue weighted by atomic mass is 10.2. The average Bonchev–Trinajstić information content (AvgIpc) is 2.44. The second-order valence-corrected chi connectivity index (χ2v) is 5.12. The highest BCUT2D eigenvalue weighted by Gasteiger charge is 2.26. The minimum Gasteiger partial charge on any atom is -0.473 e. The van der Waals surface area contributed by atoms with Crippen molar-refractivity contribution in [1.29, 1.82) is 0 Å². The molecule has 1 aromatic rings. The number of anilines is 1. The molecule has 0 amide bonds.